The molecule has 24 heavy (non-hydrogen) atoms. The molecule has 1 aromatic carbocycles. The highest BCUT2D eigenvalue weighted by molar-refractivity contribution is 6.03. The van der Waals surface area contributed by atoms with Crippen LogP contribution in [0.1, 0.15) is 52.5 Å². The maximum atomic E-state index is 13.4. The van der Waals surface area contributed by atoms with Gasteiger partial charge in [-0.2, -0.15) is 0 Å². The summed E-state index contributed by atoms with van der Waals surface area (Å²) in [7, 11) is 0. The van der Waals surface area contributed by atoms with E-state index in [2.05, 4.69) is 18.7 Å². The summed E-state index contributed by atoms with van der Waals surface area (Å²) in [4.78, 5) is 29.5. The smallest absolute Gasteiger partial charge is 0.240 e. The second-order valence-electron chi connectivity index (χ2n) is 6.89. The largest absolute Gasteiger partial charge is 0.304 e. The van der Waals surface area contributed by atoms with E-state index in [1.54, 1.807) is 0 Å². The average molecular weight is 330 g/mol. The van der Waals surface area contributed by atoms with Crippen LogP contribution in [0.5, 0.6) is 0 Å². The summed E-state index contributed by atoms with van der Waals surface area (Å²) in [5.74, 6) is -0.0588. The third-order valence-electron chi connectivity index (χ3n) is 5.25. The number of hydrogen-bond donors (Lipinski definition) is 0. The Bertz CT molecular complexity index is 566. The van der Waals surface area contributed by atoms with Crippen LogP contribution in [0, 0.1) is 0 Å². The maximum absolute atomic E-state index is 13.4. The minimum atomic E-state index is -0.581. The fourth-order valence-electron chi connectivity index (χ4n) is 3.70. The summed E-state index contributed by atoms with van der Waals surface area (Å²) >= 11 is 0. The first-order chi connectivity index (χ1) is 11.5. The van der Waals surface area contributed by atoms with E-state index in [9.17, 15) is 9.59 Å². The van der Waals surface area contributed by atoms with Crippen LogP contribution in [0.4, 0.5) is 0 Å². The molecule has 0 N–H and O–H groups in total. The number of imide groups is 1. The monoisotopic (exact) mass is 330 g/mol. The molecule has 0 spiro atoms. The molecule has 2 rings (SSSR count). The molecule has 1 heterocycles. The van der Waals surface area contributed by atoms with E-state index in [1.165, 1.54) is 4.90 Å². The van der Waals surface area contributed by atoms with E-state index in [1.807, 2.05) is 44.2 Å². The van der Waals surface area contributed by atoms with E-state index >= 15 is 0 Å². The molecule has 1 aliphatic rings. The summed E-state index contributed by atoms with van der Waals surface area (Å²) in [5.41, 5.74) is 0.461. The predicted molar refractivity (Wildman–Crippen MR) is 96.7 cm³/mol. The van der Waals surface area contributed by atoms with Gasteiger partial charge in [0.05, 0.1) is 5.41 Å². The molecule has 0 radical (unpaired) electrons. The number of carbonyl (C=O) groups is 2. The van der Waals surface area contributed by atoms with Crippen molar-refractivity contribution in [2.75, 3.05) is 19.6 Å². The van der Waals surface area contributed by atoms with Gasteiger partial charge in [-0.25, -0.2) is 0 Å². The van der Waals surface area contributed by atoms with Crippen LogP contribution >= 0.6 is 0 Å². The quantitative estimate of drug-likeness (QED) is 0.721. The van der Waals surface area contributed by atoms with Crippen molar-refractivity contribution < 1.29 is 9.59 Å². The molecule has 1 unspecified atom stereocenters. The van der Waals surface area contributed by atoms with Crippen molar-refractivity contribution in [1.82, 2.24) is 9.80 Å². The highest BCUT2D eigenvalue weighted by Crippen LogP contribution is 2.39. The van der Waals surface area contributed by atoms with Crippen LogP contribution < -0.4 is 0 Å². The summed E-state index contributed by atoms with van der Waals surface area (Å²) in [5, 5.41) is 0. The Morgan fingerprint density at radius 3 is 2.29 bits per heavy atom. The van der Waals surface area contributed by atoms with Gasteiger partial charge in [0.2, 0.25) is 11.8 Å². The fourth-order valence-corrected chi connectivity index (χ4v) is 3.70. The molecular weight excluding hydrogens is 300 g/mol. The second-order valence-corrected chi connectivity index (χ2v) is 6.89. The Morgan fingerprint density at radius 1 is 1.12 bits per heavy atom. The van der Waals surface area contributed by atoms with Gasteiger partial charge in [0.25, 0.3) is 0 Å². The molecule has 0 saturated carbocycles. The highest BCUT2D eigenvalue weighted by Gasteiger charge is 2.48. The van der Waals surface area contributed by atoms with E-state index in [-0.39, 0.29) is 17.9 Å². The average Bonchev–Trinajstić information content (AvgIpc) is 2.58. The number of benzene rings is 1. The van der Waals surface area contributed by atoms with Crippen LogP contribution in [-0.4, -0.2) is 47.3 Å². The zero-order chi connectivity index (χ0) is 17.7. The molecule has 4 heteroatoms. The molecule has 2 amide bonds. The second kappa shape index (κ2) is 7.93. The zero-order valence-corrected chi connectivity index (χ0v) is 15.4. The van der Waals surface area contributed by atoms with Crippen LogP contribution in [0.3, 0.4) is 0 Å². The summed E-state index contributed by atoms with van der Waals surface area (Å²) < 4.78 is 0. The zero-order valence-electron chi connectivity index (χ0n) is 15.4. The standard InChI is InChI=1S/C20H30N2O2/c1-5-21(6-2)15-14-20(17-10-8-7-9-11-17)13-12-18(23)22(16(3)4)19(20)24/h7-11,16H,5-6,12-15H2,1-4H3. The number of piperidine rings is 1. The van der Waals surface area contributed by atoms with Crippen molar-refractivity contribution in [3.63, 3.8) is 0 Å². The van der Waals surface area contributed by atoms with E-state index in [0.717, 1.165) is 31.6 Å². The van der Waals surface area contributed by atoms with Gasteiger partial charge in [-0.05, 0) is 51.9 Å². The fraction of sp³-hybridized carbons (Fsp3) is 0.600. The molecule has 0 aromatic heterocycles. The van der Waals surface area contributed by atoms with Gasteiger partial charge in [-0.1, -0.05) is 44.2 Å². The molecule has 4 nitrogen and oxygen atoms in total. The van der Waals surface area contributed by atoms with Crippen LogP contribution in [0.15, 0.2) is 30.3 Å². The summed E-state index contributed by atoms with van der Waals surface area (Å²) in [6.45, 7) is 10.9. The first-order valence-electron chi connectivity index (χ1n) is 9.10. The molecule has 1 saturated heterocycles. The Labute approximate surface area is 145 Å². The van der Waals surface area contributed by atoms with Gasteiger partial charge in [-0.3, -0.25) is 14.5 Å². The minimum absolute atomic E-state index is 0.0212. The lowest BCUT2D eigenvalue weighted by atomic mass is 9.70. The van der Waals surface area contributed by atoms with E-state index < -0.39 is 5.41 Å². The van der Waals surface area contributed by atoms with Crippen LogP contribution in [0.2, 0.25) is 0 Å². The number of likely N-dealkylation sites (tertiary alicyclic amines) is 1. The molecule has 0 aliphatic carbocycles. The SMILES string of the molecule is CCN(CC)CCC1(c2ccccc2)CCC(=O)N(C(C)C)C1=O. The Morgan fingerprint density at radius 2 is 1.75 bits per heavy atom. The normalized spacial score (nSPS) is 21.8. The van der Waals surface area contributed by atoms with E-state index in [4.69, 9.17) is 0 Å². The minimum Gasteiger partial charge on any atom is -0.304 e. The molecule has 1 fully saturated rings. The third kappa shape index (κ3) is 3.54. The van der Waals surface area contributed by atoms with Gasteiger partial charge in [0, 0.05) is 12.5 Å². The lowest BCUT2D eigenvalue weighted by Crippen LogP contribution is -2.57. The van der Waals surface area contributed by atoms with Crippen molar-refractivity contribution in [1.29, 1.82) is 0 Å². The number of nitrogens with zero attached hydrogens (tertiary/aromatic N) is 2. The summed E-state index contributed by atoms with van der Waals surface area (Å²) in [6.07, 6.45) is 1.81. The van der Waals surface area contributed by atoms with Gasteiger partial charge < -0.3 is 4.90 Å². The molecule has 1 atom stereocenters. The number of carbonyl (C=O) groups excluding carboxylic acids is 2. The van der Waals surface area contributed by atoms with E-state index in [0.29, 0.717) is 12.8 Å². The molecule has 1 aromatic rings. The third-order valence-corrected chi connectivity index (χ3v) is 5.25. The van der Waals surface area contributed by atoms with Crippen molar-refractivity contribution in [3.8, 4) is 0 Å². The highest BCUT2D eigenvalue weighted by atomic mass is 16.2. The molecule has 132 valence electrons. The van der Waals surface area contributed by atoms with Gasteiger partial charge >= 0.3 is 0 Å². The number of rotatable bonds is 7. The predicted octanol–water partition coefficient (Wildman–Crippen LogP) is 3.21. The first-order valence-corrected chi connectivity index (χ1v) is 9.10. The van der Waals surface area contributed by atoms with Crippen molar-refractivity contribution in [2.45, 2.75) is 58.4 Å². The Hall–Kier alpha value is -1.68. The van der Waals surface area contributed by atoms with Gasteiger partial charge in [0.1, 0.15) is 0 Å². The number of amides is 2. The van der Waals surface area contributed by atoms with Gasteiger partial charge in [0.15, 0.2) is 0 Å². The Kier molecular flexibility index (Phi) is 6.16. The lowest BCUT2D eigenvalue weighted by Gasteiger charge is -2.43. The summed E-state index contributed by atoms with van der Waals surface area (Å²) in [6, 6.07) is 9.92. The molecular formula is C20H30N2O2. The first kappa shape index (κ1) is 18.7. The van der Waals surface area contributed by atoms with Crippen molar-refractivity contribution >= 4 is 11.8 Å². The lowest BCUT2D eigenvalue weighted by molar-refractivity contribution is -0.156. The number of hydrogen-bond acceptors (Lipinski definition) is 3. The van der Waals surface area contributed by atoms with Crippen LogP contribution in [0.25, 0.3) is 0 Å². The van der Waals surface area contributed by atoms with Crippen molar-refractivity contribution in [2.24, 2.45) is 0 Å². The van der Waals surface area contributed by atoms with Crippen molar-refractivity contribution in [3.05, 3.63) is 35.9 Å². The topological polar surface area (TPSA) is 40.6 Å². The Balaban J connectivity index is 2.40. The maximum Gasteiger partial charge on any atom is 0.240 e. The molecule has 1 aliphatic heterocycles. The van der Waals surface area contributed by atoms with Crippen LogP contribution in [-0.2, 0) is 15.0 Å². The molecule has 0 bridgehead atoms. The van der Waals surface area contributed by atoms with Gasteiger partial charge in [-0.15, -0.1) is 0 Å².